The van der Waals surface area contributed by atoms with E-state index < -0.39 is 49.5 Å². The summed E-state index contributed by atoms with van der Waals surface area (Å²) in [6.07, 6.45) is 54.2. The van der Waals surface area contributed by atoms with Crippen LogP contribution in [-0.4, -0.2) is 87.5 Å². The largest absolute Gasteiger partial charge is 0.394 e. The highest BCUT2D eigenvalue weighted by molar-refractivity contribution is 5.76. The lowest BCUT2D eigenvalue weighted by molar-refractivity contribution is -0.302. The van der Waals surface area contributed by atoms with Crippen LogP contribution >= 0.6 is 0 Å². The molecule has 378 valence electrons. The molecule has 65 heavy (non-hydrogen) atoms. The lowest BCUT2D eigenvalue weighted by Gasteiger charge is -2.40. The average molecular weight is 916 g/mol. The summed E-state index contributed by atoms with van der Waals surface area (Å²) in [5.41, 5.74) is 0. The zero-order valence-electron chi connectivity index (χ0n) is 41.7. The Balaban J connectivity index is 2.32. The SMILES string of the molecule is CCCCC/C=C\C/C=C\CCCCCCCCCCCC(=O)NC(COC1OC(CO)C(O)C(O)C1O)C(O)/C=C/CC/C=C/CC/C=C/CCCCCCCCCCCCCCC. The molecular weight excluding hydrogens is 815 g/mol. The predicted molar refractivity (Wildman–Crippen MR) is 272 cm³/mol. The Hall–Kier alpha value is -2.11. The number of amides is 1. The second-order valence-electron chi connectivity index (χ2n) is 18.6. The molecule has 9 heteroatoms. The fraction of sp³-hybridized carbons (Fsp3) is 0.804. The maximum absolute atomic E-state index is 13.0. The van der Waals surface area contributed by atoms with Crippen LogP contribution in [0.3, 0.4) is 0 Å². The Morgan fingerprint density at radius 1 is 0.523 bits per heavy atom. The number of unbranched alkanes of at least 4 members (excludes halogenated alkanes) is 27. The van der Waals surface area contributed by atoms with E-state index in [0.29, 0.717) is 6.42 Å². The van der Waals surface area contributed by atoms with Gasteiger partial charge in [0.1, 0.15) is 24.4 Å². The monoisotopic (exact) mass is 916 g/mol. The molecule has 0 bridgehead atoms. The first kappa shape index (κ1) is 60.9. The summed E-state index contributed by atoms with van der Waals surface area (Å²) in [5.74, 6) is -0.196. The van der Waals surface area contributed by atoms with Gasteiger partial charge in [-0.3, -0.25) is 4.79 Å². The van der Waals surface area contributed by atoms with Crippen molar-refractivity contribution in [1.82, 2.24) is 5.32 Å². The Labute approximate surface area is 398 Å². The second kappa shape index (κ2) is 45.7. The van der Waals surface area contributed by atoms with Crippen molar-refractivity contribution >= 4 is 5.91 Å². The molecule has 0 aromatic heterocycles. The van der Waals surface area contributed by atoms with Gasteiger partial charge < -0.3 is 40.3 Å². The van der Waals surface area contributed by atoms with Crippen molar-refractivity contribution in [2.75, 3.05) is 13.2 Å². The molecule has 1 amide bonds. The number of aliphatic hydroxyl groups is 5. The van der Waals surface area contributed by atoms with Crippen LogP contribution in [0.5, 0.6) is 0 Å². The van der Waals surface area contributed by atoms with Crippen LogP contribution < -0.4 is 5.32 Å². The number of allylic oxidation sites excluding steroid dienone is 9. The second-order valence-corrected chi connectivity index (χ2v) is 18.6. The van der Waals surface area contributed by atoms with E-state index in [-0.39, 0.29) is 12.5 Å². The van der Waals surface area contributed by atoms with Crippen LogP contribution in [0.2, 0.25) is 0 Å². The quantitative estimate of drug-likeness (QED) is 0.0261. The fourth-order valence-corrected chi connectivity index (χ4v) is 8.22. The summed E-state index contributed by atoms with van der Waals surface area (Å²) in [5, 5.41) is 54.4. The molecule has 7 atom stereocenters. The zero-order chi connectivity index (χ0) is 47.3. The van der Waals surface area contributed by atoms with E-state index in [9.17, 15) is 30.3 Å². The lowest BCUT2D eigenvalue weighted by atomic mass is 9.99. The summed E-state index contributed by atoms with van der Waals surface area (Å²) in [6.45, 7) is 3.74. The Morgan fingerprint density at radius 2 is 0.923 bits per heavy atom. The molecule has 1 rings (SSSR count). The first-order valence-corrected chi connectivity index (χ1v) is 27.0. The molecule has 0 aromatic carbocycles. The molecule has 1 saturated heterocycles. The number of ether oxygens (including phenoxy) is 2. The van der Waals surface area contributed by atoms with Gasteiger partial charge >= 0.3 is 0 Å². The minimum atomic E-state index is -1.58. The van der Waals surface area contributed by atoms with E-state index in [1.165, 1.54) is 148 Å². The van der Waals surface area contributed by atoms with E-state index in [2.05, 4.69) is 67.8 Å². The first-order chi connectivity index (χ1) is 31.8. The molecule has 9 nitrogen and oxygen atoms in total. The van der Waals surface area contributed by atoms with Crippen molar-refractivity contribution in [2.45, 2.75) is 275 Å². The van der Waals surface area contributed by atoms with E-state index >= 15 is 0 Å². The van der Waals surface area contributed by atoms with Crippen molar-refractivity contribution in [3.8, 4) is 0 Å². The first-order valence-electron chi connectivity index (χ1n) is 27.0. The summed E-state index contributed by atoms with van der Waals surface area (Å²) in [6, 6.07) is -0.833. The van der Waals surface area contributed by atoms with Gasteiger partial charge in [0.05, 0.1) is 25.4 Å². The van der Waals surface area contributed by atoms with E-state index in [0.717, 1.165) is 64.2 Å². The van der Waals surface area contributed by atoms with Gasteiger partial charge in [-0.2, -0.15) is 0 Å². The van der Waals surface area contributed by atoms with E-state index in [4.69, 9.17) is 9.47 Å². The number of carbonyl (C=O) groups is 1. The number of rotatable bonds is 45. The number of carbonyl (C=O) groups excluding carboxylic acids is 1. The van der Waals surface area contributed by atoms with Crippen molar-refractivity contribution in [3.05, 3.63) is 60.8 Å². The van der Waals surface area contributed by atoms with Crippen LogP contribution in [0.25, 0.3) is 0 Å². The van der Waals surface area contributed by atoms with E-state index in [1.807, 2.05) is 6.08 Å². The van der Waals surface area contributed by atoms with Gasteiger partial charge in [-0.15, -0.1) is 0 Å². The Kier molecular flexibility index (Phi) is 42.8. The van der Waals surface area contributed by atoms with Gasteiger partial charge in [0.25, 0.3) is 0 Å². The smallest absolute Gasteiger partial charge is 0.220 e. The van der Waals surface area contributed by atoms with Gasteiger partial charge in [0, 0.05) is 6.42 Å². The minimum absolute atomic E-state index is 0.196. The number of hydrogen-bond acceptors (Lipinski definition) is 8. The van der Waals surface area contributed by atoms with Crippen LogP contribution in [0.15, 0.2) is 60.8 Å². The molecule has 1 aliphatic rings. The van der Waals surface area contributed by atoms with Crippen molar-refractivity contribution in [1.29, 1.82) is 0 Å². The van der Waals surface area contributed by atoms with Gasteiger partial charge in [0.15, 0.2) is 6.29 Å². The third-order valence-corrected chi connectivity index (χ3v) is 12.5. The molecule has 1 fully saturated rings. The Bertz CT molecular complexity index is 1200. The normalized spacial score (nSPS) is 20.4. The van der Waals surface area contributed by atoms with Crippen LogP contribution in [0.1, 0.15) is 232 Å². The third kappa shape index (κ3) is 35.7. The molecule has 6 N–H and O–H groups in total. The van der Waals surface area contributed by atoms with Crippen molar-refractivity contribution < 1.29 is 39.8 Å². The molecule has 0 aliphatic carbocycles. The third-order valence-electron chi connectivity index (χ3n) is 12.5. The summed E-state index contributed by atoms with van der Waals surface area (Å²) >= 11 is 0. The molecular formula is C56H101NO8. The van der Waals surface area contributed by atoms with Gasteiger partial charge in [0.2, 0.25) is 5.91 Å². The minimum Gasteiger partial charge on any atom is -0.394 e. The van der Waals surface area contributed by atoms with Gasteiger partial charge in [-0.25, -0.2) is 0 Å². The number of hydrogen-bond donors (Lipinski definition) is 6. The molecule has 7 unspecified atom stereocenters. The van der Waals surface area contributed by atoms with Gasteiger partial charge in [-0.1, -0.05) is 209 Å². The summed E-state index contributed by atoms with van der Waals surface area (Å²) in [7, 11) is 0. The average Bonchev–Trinajstić information content (AvgIpc) is 3.31. The van der Waals surface area contributed by atoms with Crippen LogP contribution in [0.4, 0.5) is 0 Å². The fourth-order valence-electron chi connectivity index (χ4n) is 8.22. The number of aliphatic hydroxyl groups excluding tert-OH is 5. The molecule has 1 heterocycles. The maximum atomic E-state index is 13.0. The van der Waals surface area contributed by atoms with Crippen molar-refractivity contribution in [3.63, 3.8) is 0 Å². The number of nitrogens with one attached hydrogen (secondary N) is 1. The molecule has 0 radical (unpaired) electrons. The molecule has 1 aliphatic heterocycles. The predicted octanol–water partition coefficient (Wildman–Crippen LogP) is 12.7. The Morgan fingerprint density at radius 3 is 1.42 bits per heavy atom. The zero-order valence-corrected chi connectivity index (χ0v) is 41.7. The van der Waals surface area contributed by atoms with E-state index in [1.54, 1.807) is 6.08 Å². The molecule has 0 saturated carbocycles. The topological polar surface area (TPSA) is 149 Å². The highest BCUT2D eigenvalue weighted by Crippen LogP contribution is 2.23. The summed E-state index contributed by atoms with van der Waals surface area (Å²) in [4.78, 5) is 13.0. The van der Waals surface area contributed by atoms with Crippen LogP contribution in [-0.2, 0) is 14.3 Å². The lowest BCUT2D eigenvalue weighted by Crippen LogP contribution is -2.60. The molecule has 0 spiro atoms. The van der Waals surface area contributed by atoms with Gasteiger partial charge in [-0.05, 0) is 77.0 Å². The summed E-state index contributed by atoms with van der Waals surface area (Å²) < 4.78 is 11.2. The van der Waals surface area contributed by atoms with Crippen LogP contribution in [0, 0.1) is 0 Å². The standard InChI is InChI=1S/C56H101NO8/c1-3-5-7-9-11-13-15-17-19-21-23-24-25-26-28-29-31-33-35-37-39-41-43-45-50(59)49(48-64-56-55(63)54(62)53(61)51(47-58)65-56)57-52(60)46-44-42-40-38-36-34-32-30-27-22-20-18-16-14-12-10-8-6-4-2/h12,14,18,20,28-29,35,37,43,45,49-51,53-56,58-59,61-63H,3-11,13,15-17,19,21-27,30-34,36,38-42,44,46-48H2,1-2H3,(H,57,60)/b14-12-,20-18-,29-28+,37-35+,45-43+. The highest BCUT2D eigenvalue weighted by atomic mass is 16.7. The van der Waals surface area contributed by atoms with Crippen molar-refractivity contribution in [2.24, 2.45) is 0 Å². The highest BCUT2D eigenvalue weighted by Gasteiger charge is 2.44. The maximum Gasteiger partial charge on any atom is 0.220 e. The molecule has 0 aromatic rings.